The standard InChI is InChI=1S/C20H22Cl2N4O4S/c21-16-6-7-17(22)18(12-16)31(29,30)26-10-8-25(9-11-26)19(27)14-24-20(28)23-13-15-4-2-1-3-5-15/h1-7,12H,8-11,13-14H2,(H2,23,24,28). The zero-order chi connectivity index (χ0) is 22.4. The van der Waals surface area contributed by atoms with Crippen molar-refractivity contribution in [1.82, 2.24) is 19.8 Å². The second-order valence-corrected chi connectivity index (χ2v) is 9.63. The topological polar surface area (TPSA) is 98.8 Å². The molecular weight excluding hydrogens is 463 g/mol. The molecule has 3 amide bonds. The smallest absolute Gasteiger partial charge is 0.315 e. The Labute approximate surface area is 191 Å². The maximum Gasteiger partial charge on any atom is 0.315 e. The molecule has 1 heterocycles. The van der Waals surface area contributed by atoms with E-state index in [1.807, 2.05) is 30.3 Å². The molecule has 31 heavy (non-hydrogen) atoms. The van der Waals surface area contributed by atoms with E-state index in [2.05, 4.69) is 10.6 Å². The Morgan fingerprint density at radius 3 is 2.29 bits per heavy atom. The molecule has 0 spiro atoms. The highest BCUT2D eigenvalue weighted by Crippen LogP contribution is 2.28. The fourth-order valence-corrected chi connectivity index (χ4v) is 5.26. The second-order valence-electron chi connectivity index (χ2n) is 6.88. The van der Waals surface area contributed by atoms with Crippen molar-refractivity contribution in [3.05, 3.63) is 64.1 Å². The fraction of sp³-hybridized carbons (Fsp3) is 0.300. The number of hydrogen-bond donors (Lipinski definition) is 2. The number of hydrogen-bond acceptors (Lipinski definition) is 4. The van der Waals surface area contributed by atoms with Gasteiger partial charge in [0.1, 0.15) is 4.90 Å². The Bertz CT molecular complexity index is 1040. The number of sulfonamides is 1. The van der Waals surface area contributed by atoms with Crippen molar-refractivity contribution in [2.24, 2.45) is 0 Å². The third-order valence-corrected chi connectivity index (χ3v) is 7.41. The number of nitrogens with one attached hydrogen (secondary N) is 2. The minimum atomic E-state index is -3.82. The summed E-state index contributed by atoms with van der Waals surface area (Å²) in [5.74, 6) is -0.285. The summed E-state index contributed by atoms with van der Waals surface area (Å²) in [6.45, 7) is 0.846. The average Bonchev–Trinajstić information content (AvgIpc) is 2.78. The number of carbonyl (C=O) groups excluding carboxylic acids is 2. The van der Waals surface area contributed by atoms with Crippen LogP contribution in [-0.4, -0.2) is 62.3 Å². The minimum Gasteiger partial charge on any atom is -0.339 e. The molecule has 3 rings (SSSR count). The first kappa shape index (κ1) is 23.3. The molecule has 0 saturated carbocycles. The number of amides is 3. The largest absolute Gasteiger partial charge is 0.339 e. The molecule has 0 bridgehead atoms. The highest BCUT2D eigenvalue weighted by molar-refractivity contribution is 7.89. The van der Waals surface area contributed by atoms with Crippen LogP contribution in [-0.2, 0) is 21.4 Å². The zero-order valence-electron chi connectivity index (χ0n) is 16.6. The second kappa shape index (κ2) is 10.3. The van der Waals surface area contributed by atoms with Crippen molar-refractivity contribution in [1.29, 1.82) is 0 Å². The number of urea groups is 1. The molecule has 166 valence electrons. The minimum absolute atomic E-state index is 0.0572. The van der Waals surface area contributed by atoms with Crippen LogP contribution in [0.4, 0.5) is 4.79 Å². The Morgan fingerprint density at radius 2 is 1.61 bits per heavy atom. The average molecular weight is 485 g/mol. The third kappa shape index (κ3) is 6.10. The van der Waals surface area contributed by atoms with Crippen LogP contribution in [0.25, 0.3) is 0 Å². The van der Waals surface area contributed by atoms with Crippen molar-refractivity contribution in [3.8, 4) is 0 Å². The summed E-state index contributed by atoms with van der Waals surface area (Å²) >= 11 is 11.9. The molecule has 0 unspecified atom stereocenters. The summed E-state index contributed by atoms with van der Waals surface area (Å²) in [7, 11) is -3.82. The van der Waals surface area contributed by atoms with E-state index in [1.54, 1.807) is 0 Å². The Balaban J connectivity index is 1.47. The predicted octanol–water partition coefficient (Wildman–Crippen LogP) is 2.33. The lowest BCUT2D eigenvalue weighted by molar-refractivity contribution is -0.131. The van der Waals surface area contributed by atoms with Gasteiger partial charge in [-0.25, -0.2) is 13.2 Å². The molecule has 0 radical (unpaired) electrons. The van der Waals surface area contributed by atoms with Crippen molar-refractivity contribution in [3.63, 3.8) is 0 Å². The molecular formula is C20H22Cl2N4O4S. The van der Waals surface area contributed by atoms with Gasteiger partial charge in [0.25, 0.3) is 0 Å². The van der Waals surface area contributed by atoms with Crippen molar-refractivity contribution >= 4 is 45.2 Å². The highest BCUT2D eigenvalue weighted by atomic mass is 35.5. The summed E-state index contributed by atoms with van der Waals surface area (Å²) in [6.07, 6.45) is 0. The Hall–Kier alpha value is -2.33. The fourth-order valence-electron chi connectivity index (χ4n) is 3.10. The molecule has 1 aliphatic heterocycles. The van der Waals surface area contributed by atoms with Gasteiger partial charge in [0.05, 0.1) is 11.6 Å². The number of nitrogens with zero attached hydrogens (tertiary/aromatic N) is 2. The van der Waals surface area contributed by atoms with Gasteiger partial charge >= 0.3 is 6.03 Å². The third-order valence-electron chi connectivity index (χ3n) is 4.80. The Kier molecular flexibility index (Phi) is 7.77. The van der Waals surface area contributed by atoms with Crippen LogP contribution < -0.4 is 10.6 Å². The molecule has 2 N–H and O–H groups in total. The van der Waals surface area contributed by atoms with Gasteiger partial charge in [-0.1, -0.05) is 53.5 Å². The number of carbonyl (C=O) groups is 2. The summed E-state index contributed by atoms with van der Waals surface area (Å²) in [5, 5.41) is 5.57. The van der Waals surface area contributed by atoms with Gasteiger partial charge in [-0.2, -0.15) is 4.31 Å². The number of piperazine rings is 1. The highest BCUT2D eigenvalue weighted by Gasteiger charge is 2.31. The summed E-state index contributed by atoms with van der Waals surface area (Å²) in [5.41, 5.74) is 0.945. The van der Waals surface area contributed by atoms with Crippen LogP contribution in [0.2, 0.25) is 10.0 Å². The predicted molar refractivity (Wildman–Crippen MR) is 118 cm³/mol. The molecule has 0 aliphatic carbocycles. The number of benzene rings is 2. The van der Waals surface area contributed by atoms with Crippen molar-refractivity contribution < 1.29 is 18.0 Å². The molecule has 0 atom stereocenters. The van der Waals surface area contributed by atoms with E-state index >= 15 is 0 Å². The van der Waals surface area contributed by atoms with Crippen LogP contribution in [0, 0.1) is 0 Å². The first-order chi connectivity index (χ1) is 14.8. The summed E-state index contributed by atoms with van der Waals surface area (Å²) in [6, 6.07) is 13.2. The first-order valence-corrected chi connectivity index (χ1v) is 11.8. The zero-order valence-corrected chi connectivity index (χ0v) is 18.9. The molecule has 1 saturated heterocycles. The lowest BCUT2D eigenvalue weighted by Gasteiger charge is -2.34. The molecule has 2 aromatic rings. The van der Waals surface area contributed by atoms with Gasteiger partial charge < -0.3 is 15.5 Å². The van der Waals surface area contributed by atoms with E-state index in [0.29, 0.717) is 6.54 Å². The van der Waals surface area contributed by atoms with Gasteiger partial charge in [-0.05, 0) is 23.8 Å². The molecule has 0 aromatic heterocycles. The summed E-state index contributed by atoms with van der Waals surface area (Å²) < 4.78 is 27.0. The molecule has 2 aromatic carbocycles. The van der Waals surface area contributed by atoms with Gasteiger partial charge in [0.2, 0.25) is 15.9 Å². The van der Waals surface area contributed by atoms with Gasteiger partial charge in [-0.15, -0.1) is 0 Å². The Morgan fingerprint density at radius 1 is 0.935 bits per heavy atom. The number of rotatable bonds is 6. The molecule has 11 heteroatoms. The van der Waals surface area contributed by atoms with Crippen LogP contribution in [0.15, 0.2) is 53.4 Å². The van der Waals surface area contributed by atoms with E-state index in [4.69, 9.17) is 23.2 Å². The van der Waals surface area contributed by atoms with Crippen LogP contribution >= 0.6 is 23.2 Å². The van der Waals surface area contributed by atoms with Crippen LogP contribution in [0.1, 0.15) is 5.56 Å². The number of halogens is 2. The van der Waals surface area contributed by atoms with E-state index in [-0.39, 0.29) is 53.6 Å². The molecule has 1 aliphatic rings. The lowest BCUT2D eigenvalue weighted by atomic mass is 10.2. The molecule has 8 nitrogen and oxygen atoms in total. The SMILES string of the molecule is O=C(NCC(=O)N1CCN(S(=O)(=O)c2cc(Cl)ccc2Cl)CC1)NCc1ccccc1. The molecule has 1 fully saturated rings. The van der Waals surface area contributed by atoms with E-state index < -0.39 is 16.1 Å². The van der Waals surface area contributed by atoms with Crippen molar-refractivity contribution in [2.75, 3.05) is 32.7 Å². The van der Waals surface area contributed by atoms with E-state index in [1.165, 1.54) is 27.4 Å². The van der Waals surface area contributed by atoms with Gasteiger partial charge in [0.15, 0.2) is 0 Å². The normalized spacial score (nSPS) is 14.8. The lowest BCUT2D eigenvalue weighted by Crippen LogP contribution is -2.53. The van der Waals surface area contributed by atoms with Crippen LogP contribution in [0.5, 0.6) is 0 Å². The van der Waals surface area contributed by atoms with Gasteiger partial charge in [0, 0.05) is 37.7 Å². The van der Waals surface area contributed by atoms with Crippen LogP contribution in [0.3, 0.4) is 0 Å². The van der Waals surface area contributed by atoms with Crippen molar-refractivity contribution in [2.45, 2.75) is 11.4 Å². The van der Waals surface area contributed by atoms with E-state index in [0.717, 1.165) is 5.56 Å². The van der Waals surface area contributed by atoms with E-state index in [9.17, 15) is 18.0 Å². The van der Waals surface area contributed by atoms with Gasteiger partial charge in [-0.3, -0.25) is 4.79 Å². The maximum absolute atomic E-state index is 12.9. The quantitative estimate of drug-likeness (QED) is 0.656. The monoisotopic (exact) mass is 484 g/mol. The maximum atomic E-state index is 12.9. The first-order valence-electron chi connectivity index (χ1n) is 9.56. The summed E-state index contributed by atoms with van der Waals surface area (Å²) in [4.78, 5) is 25.7.